The molecule has 1 aliphatic rings. The van der Waals surface area contributed by atoms with Gasteiger partial charge in [0, 0.05) is 18.4 Å². The summed E-state index contributed by atoms with van der Waals surface area (Å²) in [5, 5.41) is 4.20. The molecule has 3 aromatic rings. The quantitative estimate of drug-likeness (QED) is 0.579. The Hall–Kier alpha value is -2.83. The lowest BCUT2D eigenvalue weighted by Gasteiger charge is -2.26. The third-order valence-corrected chi connectivity index (χ3v) is 5.46. The first-order chi connectivity index (χ1) is 13.9. The second kappa shape index (κ2) is 7.89. The van der Waals surface area contributed by atoms with Crippen LogP contribution in [0, 0.1) is 11.7 Å². The van der Waals surface area contributed by atoms with Crippen molar-refractivity contribution in [1.82, 2.24) is 19.6 Å². The van der Waals surface area contributed by atoms with Gasteiger partial charge >= 0.3 is 0 Å². The zero-order valence-electron chi connectivity index (χ0n) is 17.1. The number of nitrogens with zero attached hydrogens (tertiary/aromatic N) is 5. The average Bonchev–Trinajstić information content (AvgIpc) is 3.32. The van der Waals surface area contributed by atoms with Crippen LogP contribution in [0.2, 0.25) is 0 Å². The van der Waals surface area contributed by atoms with Gasteiger partial charge in [-0.3, -0.25) is 9.78 Å². The van der Waals surface area contributed by atoms with Gasteiger partial charge in [0.2, 0.25) is 0 Å². The SMILES string of the molecule is CC(=O)c1cnn2ccc(N3CCC[C@@H]3c3cc(F)cc(CCC(C)C)n3)nc12. The molecule has 1 saturated heterocycles. The van der Waals surface area contributed by atoms with E-state index in [1.165, 1.54) is 6.92 Å². The van der Waals surface area contributed by atoms with E-state index in [-0.39, 0.29) is 17.6 Å². The summed E-state index contributed by atoms with van der Waals surface area (Å²) in [7, 11) is 0. The first-order valence-corrected chi connectivity index (χ1v) is 10.2. The maximum atomic E-state index is 14.3. The van der Waals surface area contributed by atoms with Gasteiger partial charge in [-0.25, -0.2) is 13.9 Å². The van der Waals surface area contributed by atoms with Gasteiger partial charge in [-0.2, -0.15) is 5.10 Å². The van der Waals surface area contributed by atoms with Crippen LogP contribution in [-0.2, 0) is 6.42 Å². The number of aromatic nitrogens is 4. The fourth-order valence-corrected chi connectivity index (χ4v) is 3.92. The van der Waals surface area contributed by atoms with Gasteiger partial charge in [-0.15, -0.1) is 0 Å². The van der Waals surface area contributed by atoms with E-state index in [1.807, 2.05) is 12.3 Å². The summed E-state index contributed by atoms with van der Waals surface area (Å²) in [6, 6.07) is 4.95. The van der Waals surface area contributed by atoms with Crippen molar-refractivity contribution in [3.63, 3.8) is 0 Å². The molecule has 0 bridgehead atoms. The molecule has 0 amide bonds. The Labute approximate surface area is 169 Å². The molecule has 1 atom stereocenters. The number of hydrogen-bond donors (Lipinski definition) is 0. The van der Waals surface area contributed by atoms with Gasteiger partial charge in [-0.05, 0) is 56.7 Å². The van der Waals surface area contributed by atoms with Gasteiger partial charge in [0.15, 0.2) is 11.4 Å². The van der Waals surface area contributed by atoms with Crippen LogP contribution in [-0.4, -0.2) is 31.9 Å². The van der Waals surface area contributed by atoms with Crippen molar-refractivity contribution in [2.24, 2.45) is 5.92 Å². The fraction of sp³-hybridized carbons (Fsp3) is 0.455. The maximum absolute atomic E-state index is 14.3. The lowest BCUT2D eigenvalue weighted by Crippen LogP contribution is -2.25. The molecule has 0 aromatic carbocycles. The van der Waals surface area contributed by atoms with Gasteiger partial charge in [0.05, 0.1) is 23.5 Å². The second-order valence-corrected chi connectivity index (χ2v) is 8.15. The van der Waals surface area contributed by atoms with E-state index < -0.39 is 0 Å². The van der Waals surface area contributed by atoms with Crippen molar-refractivity contribution in [3.05, 3.63) is 53.4 Å². The monoisotopic (exact) mass is 395 g/mol. The van der Waals surface area contributed by atoms with Crippen molar-refractivity contribution in [2.45, 2.75) is 52.5 Å². The first-order valence-electron chi connectivity index (χ1n) is 10.2. The number of hydrogen-bond acceptors (Lipinski definition) is 5. The highest BCUT2D eigenvalue weighted by molar-refractivity contribution is 5.99. The summed E-state index contributed by atoms with van der Waals surface area (Å²) in [5.41, 5.74) is 2.61. The molecule has 0 radical (unpaired) electrons. The number of fused-ring (bicyclic) bond motifs is 1. The normalized spacial score (nSPS) is 16.9. The van der Waals surface area contributed by atoms with Gasteiger partial charge < -0.3 is 4.90 Å². The van der Waals surface area contributed by atoms with Crippen molar-refractivity contribution in [2.75, 3.05) is 11.4 Å². The van der Waals surface area contributed by atoms with Crippen LogP contribution in [0.1, 0.15) is 67.8 Å². The largest absolute Gasteiger partial charge is 0.348 e. The van der Waals surface area contributed by atoms with Crippen molar-refractivity contribution >= 4 is 17.2 Å². The summed E-state index contributed by atoms with van der Waals surface area (Å²) >= 11 is 0. The minimum Gasteiger partial charge on any atom is -0.348 e. The Kier molecular flexibility index (Phi) is 5.30. The zero-order chi connectivity index (χ0) is 20.5. The Morgan fingerprint density at radius 3 is 2.90 bits per heavy atom. The number of ketones is 1. The molecule has 0 unspecified atom stereocenters. The Morgan fingerprint density at radius 1 is 1.31 bits per heavy atom. The molecule has 0 saturated carbocycles. The predicted molar refractivity (Wildman–Crippen MR) is 110 cm³/mol. The molecule has 4 heterocycles. The molecule has 0 N–H and O–H groups in total. The van der Waals surface area contributed by atoms with Crippen LogP contribution in [0.4, 0.5) is 10.2 Å². The average molecular weight is 395 g/mol. The number of carbonyl (C=O) groups is 1. The smallest absolute Gasteiger partial charge is 0.168 e. The van der Waals surface area contributed by atoms with E-state index in [0.717, 1.165) is 49.4 Å². The molecular formula is C22H26FN5O. The van der Waals surface area contributed by atoms with E-state index in [9.17, 15) is 9.18 Å². The number of rotatable bonds is 6. The topological polar surface area (TPSA) is 63.4 Å². The lowest BCUT2D eigenvalue weighted by molar-refractivity contribution is 0.101. The van der Waals surface area contributed by atoms with Crippen LogP contribution < -0.4 is 4.90 Å². The molecular weight excluding hydrogens is 369 g/mol. The lowest BCUT2D eigenvalue weighted by atomic mass is 10.0. The van der Waals surface area contributed by atoms with E-state index in [1.54, 1.807) is 22.8 Å². The van der Waals surface area contributed by atoms with Crippen LogP contribution in [0.5, 0.6) is 0 Å². The van der Waals surface area contributed by atoms with Crippen LogP contribution in [0.15, 0.2) is 30.6 Å². The highest BCUT2D eigenvalue weighted by Crippen LogP contribution is 2.35. The Morgan fingerprint density at radius 2 is 2.14 bits per heavy atom. The highest BCUT2D eigenvalue weighted by atomic mass is 19.1. The van der Waals surface area contributed by atoms with E-state index in [4.69, 9.17) is 9.97 Å². The van der Waals surface area contributed by atoms with Gasteiger partial charge in [-0.1, -0.05) is 13.8 Å². The fourth-order valence-electron chi connectivity index (χ4n) is 3.92. The molecule has 0 spiro atoms. The first kappa shape index (κ1) is 19.5. The maximum Gasteiger partial charge on any atom is 0.168 e. The Balaban J connectivity index is 1.67. The summed E-state index contributed by atoms with van der Waals surface area (Å²) in [5.74, 6) is 1.01. The summed E-state index contributed by atoms with van der Waals surface area (Å²) in [6.07, 6.45) is 6.99. The standard InChI is InChI=1S/C22H26FN5O/c1-14(2)6-7-17-11-16(23)12-19(25-17)20-5-4-9-27(20)21-8-10-28-22(26-21)18(13-24-28)15(3)29/h8,10-14,20H,4-7,9H2,1-3H3/t20-/m1/s1. The molecule has 1 fully saturated rings. The van der Waals surface area contributed by atoms with Gasteiger partial charge in [0.25, 0.3) is 0 Å². The van der Waals surface area contributed by atoms with E-state index in [0.29, 0.717) is 17.1 Å². The van der Waals surface area contributed by atoms with E-state index in [2.05, 4.69) is 23.8 Å². The minimum absolute atomic E-state index is 0.0258. The molecule has 1 aliphatic heterocycles. The molecule has 3 aromatic heterocycles. The second-order valence-electron chi connectivity index (χ2n) is 8.15. The van der Waals surface area contributed by atoms with Crippen LogP contribution >= 0.6 is 0 Å². The number of pyridine rings is 1. The highest BCUT2D eigenvalue weighted by Gasteiger charge is 2.29. The summed E-state index contributed by atoms with van der Waals surface area (Å²) in [6.45, 7) is 6.65. The molecule has 6 nitrogen and oxygen atoms in total. The minimum atomic E-state index is -0.237. The number of carbonyl (C=O) groups excluding carboxylic acids is 1. The van der Waals surface area contributed by atoms with Crippen molar-refractivity contribution < 1.29 is 9.18 Å². The molecule has 0 aliphatic carbocycles. The van der Waals surface area contributed by atoms with Crippen molar-refractivity contribution in [3.8, 4) is 0 Å². The van der Waals surface area contributed by atoms with Crippen LogP contribution in [0.3, 0.4) is 0 Å². The van der Waals surface area contributed by atoms with Gasteiger partial charge in [0.1, 0.15) is 11.6 Å². The molecule has 4 rings (SSSR count). The summed E-state index contributed by atoms with van der Waals surface area (Å²) in [4.78, 5) is 23.5. The Bertz CT molecular complexity index is 1040. The third kappa shape index (κ3) is 3.99. The zero-order valence-corrected chi connectivity index (χ0v) is 17.1. The number of halogens is 1. The number of aryl methyl sites for hydroxylation is 1. The number of Topliss-reactive ketones (excluding diaryl/α,β-unsaturated/α-hetero) is 1. The molecule has 7 heteroatoms. The van der Waals surface area contributed by atoms with E-state index >= 15 is 0 Å². The van der Waals surface area contributed by atoms with Crippen molar-refractivity contribution in [1.29, 1.82) is 0 Å². The third-order valence-electron chi connectivity index (χ3n) is 5.46. The molecule has 152 valence electrons. The predicted octanol–water partition coefficient (Wildman–Crippen LogP) is 4.40. The van der Waals surface area contributed by atoms with Crippen LogP contribution in [0.25, 0.3) is 5.65 Å². The molecule has 29 heavy (non-hydrogen) atoms. The number of anilines is 1. The summed E-state index contributed by atoms with van der Waals surface area (Å²) < 4.78 is 15.9.